The monoisotopic (exact) mass is 446 g/mol. The molecule has 0 radical (unpaired) electrons. The van der Waals surface area contributed by atoms with Gasteiger partial charge in [0.25, 0.3) is 11.8 Å². The first-order valence-corrected chi connectivity index (χ1v) is 10.7. The summed E-state index contributed by atoms with van der Waals surface area (Å²) in [6.45, 7) is 5.75. The molecule has 4 rings (SSSR count). The van der Waals surface area contributed by atoms with Gasteiger partial charge in [0.05, 0.1) is 17.4 Å². The van der Waals surface area contributed by atoms with Gasteiger partial charge in [-0.25, -0.2) is 4.90 Å². The van der Waals surface area contributed by atoms with Gasteiger partial charge in [-0.05, 0) is 68.3 Å². The number of imide groups is 1. The average molecular weight is 447 g/mol. The van der Waals surface area contributed by atoms with Crippen LogP contribution < -0.4 is 15.0 Å². The van der Waals surface area contributed by atoms with Gasteiger partial charge in [-0.1, -0.05) is 48.0 Å². The molecule has 0 atom stereocenters. The van der Waals surface area contributed by atoms with Crippen LogP contribution in [0.1, 0.15) is 25.0 Å². The Morgan fingerprint density at radius 1 is 0.906 bits per heavy atom. The molecule has 0 saturated carbocycles. The van der Waals surface area contributed by atoms with Crippen LogP contribution in [0.5, 0.6) is 5.75 Å². The number of nitrogens with zero attached hydrogens (tertiary/aromatic N) is 1. The molecule has 0 aliphatic carbocycles. The highest BCUT2D eigenvalue weighted by Crippen LogP contribution is 2.36. The summed E-state index contributed by atoms with van der Waals surface area (Å²) in [7, 11) is 0. The Balaban J connectivity index is 1.75. The van der Waals surface area contributed by atoms with E-state index >= 15 is 0 Å². The maximum Gasteiger partial charge on any atom is 0.282 e. The van der Waals surface area contributed by atoms with Crippen LogP contribution in [-0.4, -0.2) is 17.9 Å². The fraction of sp³-hybridized carbons (Fsp3) is 0.154. The second kappa shape index (κ2) is 8.89. The van der Waals surface area contributed by atoms with E-state index in [1.165, 1.54) is 4.90 Å². The Kier molecular flexibility index (Phi) is 6.01. The maximum absolute atomic E-state index is 13.5. The third kappa shape index (κ3) is 4.25. The van der Waals surface area contributed by atoms with E-state index in [1.54, 1.807) is 18.2 Å². The zero-order valence-electron chi connectivity index (χ0n) is 18.1. The largest absolute Gasteiger partial charge is 0.491 e. The van der Waals surface area contributed by atoms with Crippen LogP contribution in [0.15, 0.2) is 78.5 Å². The molecule has 1 aliphatic rings. The Morgan fingerprint density at radius 3 is 2.25 bits per heavy atom. The van der Waals surface area contributed by atoms with Gasteiger partial charge in [0, 0.05) is 10.7 Å². The van der Waals surface area contributed by atoms with Gasteiger partial charge in [-0.3, -0.25) is 9.59 Å². The minimum absolute atomic E-state index is 0.0599. The first-order chi connectivity index (χ1) is 15.3. The summed E-state index contributed by atoms with van der Waals surface area (Å²) in [5.41, 5.74) is 3.12. The SMILES string of the molecule is Cc1ccc(Cl)cc1N1C(=O)C(Nc2ccc(OC(C)C)cc2)=C(c2ccccc2)C1=O. The molecule has 1 aliphatic heterocycles. The molecule has 5 nitrogen and oxygen atoms in total. The summed E-state index contributed by atoms with van der Waals surface area (Å²) in [5.74, 6) is -0.0941. The van der Waals surface area contributed by atoms with E-state index in [1.807, 2.05) is 75.4 Å². The van der Waals surface area contributed by atoms with Crippen LogP contribution in [0.3, 0.4) is 0 Å². The third-order valence-corrected chi connectivity index (χ3v) is 5.29. The number of halogens is 1. The smallest absolute Gasteiger partial charge is 0.282 e. The average Bonchev–Trinajstić information content (AvgIpc) is 3.01. The molecule has 3 aromatic carbocycles. The van der Waals surface area contributed by atoms with Gasteiger partial charge in [0.2, 0.25) is 0 Å². The number of hydrogen-bond acceptors (Lipinski definition) is 4. The van der Waals surface area contributed by atoms with Crippen molar-refractivity contribution in [2.75, 3.05) is 10.2 Å². The normalized spacial score (nSPS) is 13.8. The third-order valence-electron chi connectivity index (χ3n) is 5.05. The fourth-order valence-electron chi connectivity index (χ4n) is 3.59. The molecule has 1 N–H and O–H groups in total. The number of carbonyl (C=O) groups is 2. The van der Waals surface area contributed by atoms with Crippen molar-refractivity contribution in [1.29, 1.82) is 0 Å². The Morgan fingerprint density at radius 2 is 1.59 bits per heavy atom. The molecular weight excluding hydrogens is 424 g/mol. The quantitative estimate of drug-likeness (QED) is 0.484. The van der Waals surface area contributed by atoms with Crippen LogP contribution >= 0.6 is 11.6 Å². The Labute approximate surface area is 192 Å². The number of aryl methyl sites for hydroxylation is 1. The number of ether oxygens (including phenoxy) is 1. The molecule has 1 heterocycles. The molecule has 0 saturated heterocycles. The van der Waals surface area contributed by atoms with Crippen molar-refractivity contribution >= 4 is 40.4 Å². The van der Waals surface area contributed by atoms with Crippen LogP contribution in [0.25, 0.3) is 5.57 Å². The van der Waals surface area contributed by atoms with Crippen LogP contribution in [-0.2, 0) is 9.59 Å². The number of rotatable bonds is 6. The summed E-state index contributed by atoms with van der Waals surface area (Å²) in [6.07, 6.45) is 0.0599. The van der Waals surface area contributed by atoms with E-state index in [-0.39, 0.29) is 11.8 Å². The maximum atomic E-state index is 13.5. The van der Waals surface area contributed by atoms with Gasteiger partial charge in [0.1, 0.15) is 11.4 Å². The van der Waals surface area contributed by atoms with Gasteiger partial charge in [0.15, 0.2) is 0 Å². The van der Waals surface area contributed by atoms with Crippen molar-refractivity contribution in [2.24, 2.45) is 0 Å². The Bertz CT molecular complexity index is 1200. The second-order valence-electron chi connectivity index (χ2n) is 7.81. The lowest BCUT2D eigenvalue weighted by molar-refractivity contribution is -0.120. The van der Waals surface area contributed by atoms with E-state index in [9.17, 15) is 9.59 Å². The van der Waals surface area contributed by atoms with Crippen molar-refractivity contribution in [2.45, 2.75) is 26.9 Å². The molecule has 0 bridgehead atoms. The first-order valence-electron chi connectivity index (χ1n) is 10.3. The lowest BCUT2D eigenvalue weighted by Crippen LogP contribution is -2.33. The minimum atomic E-state index is -0.429. The van der Waals surface area contributed by atoms with Gasteiger partial charge >= 0.3 is 0 Å². The first kappa shape index (κ1) is 21.7. The minimum Gasteiger partial charge on any atom is -0.491 e. The number of amides is 2. The lowest BCUT2D eigenvalue weighted by Gasteiger charge is -2.18. The molecule has 0 spiro atoms. The number of nitrogens with one attached hydrogen (secondary N) is 1. The number of carbonyl (C=O) groups excluding carboxylic acids is 2. The van der Waals surface area contributed by atoms with E-state index in [0.29, 0.717) is 27.5 Å². The van der Waals surface area contributed by atoms with Crippen LogP contribution in [0, 0.1) is 6.92 Å². The van der Waals surface area contributed by atoms with E-state index < -0.39 is 11.8 Å². The summed E-state index contributed by atoms with van der Waals surface area (Å²) in [5, 5.41) is 3.62. The Hall–Kier alpha value is -3.57. The summed E-state index contributed by atoms with van der Waals surface area (Å²) >= 11 is 6.17. The number of anilines is 2. The summed E-state index contributed by atoms with van der Waals surface area (Å²) < 4.78 is 5.69. The van der Waals surface area contributed by atoms with Crippen molar-refractivity contribution in [3.8, 4) is 5.75 Å². The van der Waals surface area contributed by atoms with E-state index in [4.69, 9.17) is 16.3 Å². The molecule has 0 unspecified atom stereocenters. The molecule has 3 aromatic rings. The summed E-state index contributed by atoms with van der Waals surface area (Å²) in [6, 6.07) is 21.6. The van der Waals surface area contributed by atoms with Crippen LogP contribution in [0.4, 0.5) is 11.4 Å². The highest BCUT2D eigenvalue weighted by Gasteiger charge is 2.40. The second-order valence-corrected chi connectivity index (χ2v) is 8.24. The van der Waals surface area contributed by atoms with Crippen LogP contribution in [0.2, 0.25) is 5.02 Å². The molecule has 0 fully saturated rings. The van der Waals surface area contributed by atoms with Crippen molar-refractivity contribution in [3.63, 3.8) is 0 Å². The predicted molar refractivity (Wildman–Crippen MR) is 128 cm³/mol. The topological polar surface area (TPSA) is 58.6 Å². The molecule has 2 amide bonds. The molecule has 32 heavy (non-hydrogen) atoms. The zero-order chi connectivity index (χ0) is 22.8. The highest BCUT2D eigenvalue weighted by atomic mass is 35.5. The number of benzene rings is 3. The zero-order valence-corrected chi connectivity index (χ0v) is 18.8. The van der Waals surface area contributed by atoms with Crippen molar-refractivity contribution < 1.29 is 14.3 Å². The van der Waals surface area contributed by atoms with Gasteiger partial charge in [-0.15, -0.1) is 0 Å². The van der Waals surface area contributed by atoms with E-state index in [2.05, 4.69) is 5.32 Å². The van der Waals surface area contributed by atoms with E-state index in [0.717, 1.165) is 11.3 Å². The summed E-state index contributed by atoms with van der Waals surface area (Å²) in [4.78, 5) is 28.2. The molecule has 0 aromatic heterocycles. The lowest BCUT2D eigenvalue weighted by atomic mass is 10.0. The fourth-order valence-corrected chi connectivity index (χ4v) is 3.76. The van der Waals surface area contributed by atoms with Gasteiger partial charge < -0.3 is 10.1 Å². The standard InChI is InChI=1S/C26H23ClN2O3/c1-16(2)32-21-13-11-20(12-14-21)28-24-23(18-7-5-4-6-8-18)25(30)29(26(24)31)22-15-19(27)10-9-17(22)3/h4-16,28H,1-3H3. The molecule has 6 heteroatoms. The highest BCUT2D eigenvalue weighted by molar-refractivity contribution is 6.46. The predicted octanol–water partition coefficient (Wildman–Crippen LogP) is 5.83. The number of hydrogen-bond donors (Lipinski definition) is 1. The molecule has 162 valence electrons. The van der Waals surface area contributed by atoms with Crippen molar-refractivity contribution in [1.82, 2.24) is 0 Å². The van der Waals surface area contributed by atoms with Gasteiger partial charge in [-0.2, -0.15) is 0 Å². The molecular formula is C26H23ClN2O3. The van der Waals surface area contributed by atoms with Crippen molar-refractivity contribution in [3.05, 3.63) is 94.6 Å².